The second-order valence-electron chi connectivity index (χ2n) is 6.15. The monoisotopic (exact) mass is 281 g/mol. The molecule has 1 aromatic rings. The van der Waals surface area contributed by atoms with Crippen LogP contribution in [0.3, 0.4) is 0 Å². The zero-order chi connectivity index (χ0) is 15.1. The number of nitriles is 2. The van der Waals surface area contributed by atoms with Crippen molar-refractivity contribution >= 4 is 0 Å². The molecule has 0 bridgehead atoms. The molecule has 2 rings (SSSR count). The van der Waals surface area contributed by atoms with Crippen molar-refractivity contribution in [3.8, 4) is 12.1 Å². The number of hydrogen-bond acceptors (Lipinski definition) is 3. The molecule has 3 nitrogen and oxygen atoms in total. The van der Waals surface area contributed by atoms with E-state index in [0.29, 0.717) is 18.0 Å². The first-order valence-corrected chi connectivity index (χ1v) is 7.81. The lowest BCUT2D eigenvalue weighted by Gasteiger charge is -2.38. The van der Waals surface area contributed by atoms with Gasteiger partial charge < -0.3 is 5.32 Å². The van der Waals surface area contributed by atoms with E-state index in [0.717, 1.165) is 38.6 Å². The van der Waals surface area contributed by atoms with Crippen LogP contribution in [0.25, 0.3) is 0 Å². The van der Waals surface area contributed by atoms with Gasteiger partial charge in [-0.15, -0.1) is 0 Å². The Morgan fingerprint density at radius 2 is 1.86 bits per heavy atom. The van der Waals surface area contributed by atoms with Crippen molar-refractivity contribution in [2.45, 2.75) is 58.0 Å². The molecule has 1 fully saturated rings. The Kier molecular flexibility index (Phi) is 5.37. The Bertz CT molecular complexity index is 525. The Hall–Kier alpha value is -1.84. The molecule has 0 spiro atoms. The Morgan fingerprint density at radius 1 is 1.19 bits per heavy atom. The van der Waals surface area contributed by atoms with Crippen molar-refractivity contribution < 1.29 is 0 Å². The summed E-state index contributed by atoms with van der Waals surface area (Å²) in [7, 11) is 0. The molecule has 0 radical (unpaired) electrons. The van der Waals surface area contributed by atoms with Crippen LogP contribution in [0.2, 0.25) is 0 Å². The molecule has 0 atom stereocenters. The highest BCUT2D eigenvalue weighted by Crippen LogP contribution is 2.41. The van der Waals surface area contributed by atoms with E-state index >= 15 is 0 Å². The normalized spacial score (nSPS) is 25.0. The number of hydrogen-bond donors (Lipinski definition) is 1. The van der Waals surface area contributed by atoms with Crippen molar-refractivity contribution in [1.82, 2.24) is 5.32 Å². The van der Waals surface area contributed by atoms with Gasteiger partial charge in [-0.3, -0.25) is 0 Å². The van der Waals surface area contributed by atoms with E-state index < -0.39 is 0 Å². The third kappa shape index (κ3) is 4.06. The predicted molar refractivity (Wildman–Crippen MR) is 83.2 cm³/mol. The average Bonchev–Trinajstić information content (AvgIpc) is 2.55. The van der Waals surface area contributed by atoms with Crippen LogP contribution in [0, 0.1) is 28.1 Å². The minimum Gasteiger partial charge on any atom is -0.310 e. The van der Waals surface area contributed by atoms with Crippen LogP contribution in [0.15, 0.2) is 24.3 Å². The smallest absolute Gasteiger partial charge is 0.0991 e. The van der Waals surface area contributed by atoms with Crippen molar-refractivity contribution in [2.24, 2.45) is 5.41 Å². The molecule has 1 aromatic carbocycles. The summed E-state index contributed by atoms with van der Waals surface area (Å²) in [5.74, 6) is 0. The third-order valence-corrected chi connectivity index (χ3v) is 4.93. The maximum atomic E-state index is 8.99. The number of nitrogens with one attached hydrogen (secondary N) is 1. The molecule has 0 unspecified atom stereocenters. The second kappa shape index (κ2) is 7.25. The molecule has 3 heteroatoms. The number of benzene rings is 1. The van der Waals surface area contributed by atoms with Gasteiger partial charge in [0.1, 0.15) is 0 Å². The minimum atomic E-state index is 0.265. The fraction of sp³-hybridized carbons (Fsp3) is 0.556. The standard InChI is InChI=1S/C18H23N3/c1-2-18(11-12-19)9-7-17(8-10-18)21-14-16-5-3-15(13-20)4-6-16/h3-6,17,21H,2,7-11,14H2,1H3/t17-,18-. The van der Waals surface area contributed by atoms with Crippen LogP contribution in [0.5, 0.6) is 0 Å². The fourth-order valence-corrected chi connectivity index (χ4v) is 3.22. The van der Waals surface area contributed by atoms with Gasteiger partial charge in [0.25, 0.3) is 0 Å². The molecule has 0 heterocycles. The highest BCUT2D eigenvalue weighted by atomic mass is 14.9. The second-order valence-corrected chi connectivity index (χ2v) is 6.15. The molecule has 0 saturated heterocycles. The van der Waals surface area contributed by atoms with E-state index in [1.807, 2.05) is 24.3 Å². The Balaban J connectivity index is 1.81. The van der Waals surface area contributed by atoms with E-state index in [9.17, 15) is 0 Å². The molecule has 110 valence electrons. The van der Waals surface area contributed by atoms with Gasteiger partial charge in [0.15, 0.2) is 0 Å². The molecule has 0 aliphatic heterocycles. The van der Waals surface area contributed by atoms with Crippen LogP contribution < -0.4 is 5.32 Å². The van der Waals surface area contributed by atoms with E-state index in [-0.39, 0.29) is 5.41 Å². The highest BCUT2D eigenvalue weighted by Gasteiger charge is 2.33. The third-order valence-electron chi connectivity index (χ3n) is 4.93. The van der Waals surface area contributed by atoms with Gasteiger partial charge >= 0.3 is 0 Å². The van der Waals surface area contributed by atoms with Gasteiger partial charge in [-0.25, -0.2) is 0 Å². The van der Waals surface area contributed by atoms with Gasteiger partial charge in [-0.1, -0.05) is 19.1 Å². The summed E-state index contributed by atoms with van der Waals surface area (Å²) in [6.45, 7) is 3.07. The summed E-state index contributed by atoms with van der Waals surface area (Å²) in [5.41, 5.74) is 2.19. The van der Waals surface area contributed by atoms with Gasteiger partial charge in [0.2, 0.25) is 0 Å². The maximum absolute atomic E-state index is 8.99. The van der Waals surface area contributed by atoms with Gasteiger partial charge in [-0.05, 0) is 55.2 Å². The van der Waals surface area contributed by atoms with Gasteiger partial charge in [0, 0.05) is 19.0 Å². The highest BCUT2D eigenvalue weighted by molar-refractivity contribution is 5.31. The van der Waals surface area contributed by atoms with Crippen molar-refractivity contribution in [3.63, 3.8) is 0 Å². The molecule has 21 heavy (non-hydrogen) atoms. The Morgan fingerprint density at radius 3 is 2.38 bits per heavy atom. The molecule has 1 aliphatic carbocycles. The van der Waals surface area contributed by atoms with Crippen molar-refractivity contribution in [2.75, 3.05) is 0 Å². The van der Waals surface area contributed by atoms with Crippen molar-refractivity contribution in [1.29, 1.82) is 10.5 Å². The largest absolute Gasteiger partial charge is 0.310 e. The number of rotatable bonds is 5. The molecule has 0 aromatic heterocycles. The average molecular weight is 281 g/mol. The summed E-state index contributed by atoms with van der Waals surface area (Å²) in [6, 6.07) is 12.8. The first-order valence-electron chi connectivity index (χ1n) is 7.81. The molecule has 0 amide bonds. The topological polar surface area (TPSA) is 59.6 Å². The van der Waals surface area contributed by atoms with E-state index in [2.05, 4.69) is 24.4 Å². The lowest BCUT2D eigenvalue weighted by atomic mass is 9.69. The molecular weight excluding hydrogens is 258 g/mol. The molecular formula is C18H23N3. The summed E-state index contributed by atoms with van der Waals surface area (Å²) in [4.78, 5) is 0. The zero-order valence-electron chi connectivity index (χ0n) is 12.7. The lowest BCUT2D eigenvalue weighted by molar-refractivity contribution is 0.159. The van der Waals surface area contributed by atoms with E-state index in [1.54, 1.807) is 0 Å². The first-order chi connectivity index (χ1) is 10.2. The minimum absolute atomic E-state index is 0.265. The zero-order valence-corrected chi connectivity index (χ0v) is 12.7. The first kappa shape index (κ1) is 15.5. The van der Waals surface area contributed by atoms with Crippen LogP contribution >= 0.6 is 0 Å². The molecule has 1 aliphatic rings. The van der Waals surface area contributed by atoms with Crippen LogP contribution in [0.4, 0.5) is 0 Å². The van der Waals surface area contributed by atoms with Gasteiger partial charge in [-0.2, -0.15) is 10.5 Å². The summed E-state index contributed by atoms with van der Waals surface area (Å²) in [5, 5.41) is 21.4. The summed E-state index contributed by atoms with van der Waals surface area (Å²) in [6.07, 6.45) is 6.44. The lowest BCUT2D eigenvalue weighted by Crippen LogP contribution is -2.37. The quantitative estimate of drug-likeness (QED) is 0.890. The van der Waals surface area contributed by atoms with Crippen molar-refractivity contribution in [3.05, 3.63) is 35.4 Å². The molecule has 1 N–H and O–H groups in total. The van der Waals surface area contributed by atoms with Gasteiger partial charge in [0.05, 0.1) is 17.7 Å². The van der Waals surface area contributed by atoms with Crippen LogP contribution in [-0.4, -0.2) is 6.04 Å². The SMILES string of the molecule is CC[C@]1(CC#N)CC[C@H](NCc2ccc(C#N)cc2)CC1. The van der Waals surface area contributed by atoms with Crippen LogP contribution in [0.1, 0.15) is 56.6 Å². The maximum Gasteiger partial charge on any atom is 0.0991 e. The Labute approximate surface area is 127 Å². The van der Waals surface area contributed by atoms with E-state index in [4.69, 9.17) is 10.5 Å². The summed E-state index contributed by atoms with van der Waals surface area (Å²) < 4.78 is 0. The number of nitrogens with zero attached hydrogens (tertiary/aromatic N) is 2. The van der Waals surface area contributed by atoms with Crippen LogP contribution in [-0.2, 0) is 6.54 Å². The predicted octanol–water partition coefficient (Wildman–Crippen LogP) is 3.90. The van der Waals surface area contributed by atoms with E-state index in [1.165, 1.54) is 5.56 Å². The summed E-state index contributed by atoms with van der Waals surface area (Å²) >= 11 is 0. The fourth-order valence-electron chi connectivity index (χ4n) is 3.22. The molecule has 1 saturated carbocycles.